The fraction of sp³-hybridized carbons (Fsp3) is 0.421. The molecule has 1 amide bonds. The molecule has 1 fully saturated rings. The van der Waals surface area contributed by atoms with Gasteiger partial charge in [0.1, 0.15) is 0 Å². The van der Waals surface area contributed by atoms with Gasteiger partial charge < -0.3 is 14.5 Å². The van der Waals surface area contributed by atoms with Crippen molar-refractivity contribution in [2.24, 2.45) is 0 Å². The van der Waals surface area contributed by atoms with Crippen LogP contribution in [0.3, 0.4) is 0 Å². The van der Waals surface area contributed by atoms with E-state index in [1.165, 1.54) is 11.8 Å². The number of ether oxygens (including phenoxy) is 1. The van der Waals surface area contributed by atoms with Crippen LogP contribution in [0.15, 0.2) is 47.1 Å². The van der Waals surface area contributed by atoms with Gasteiger partial charge in [0.25, 0.3) is 5.91 Å². The summed E-state index contributed by atoms with van der Waals surface area (Å²) in [5.41, 5.74) is 2.35. The molecule has 24 heavy (non-hydrogen) atoms. The summed E-state index contributed by atoms with van der Waals surface area (Å²) in [5.74, 6) is 0.141. The lowest BCUT2D eigenvalue weighted by atomic mass is 10.1. The molecule has 5 nitrogen and oxygen atoms in total. The van der Waals surface area contributed by atoms with E-state index in [0.717, 1.165) is 25.2 Å². The van der Waals surface area contributed by atoms with E-state index < -0.39 is 0 Å². The predicted octanol–water partition coefficient (Wildman–Crippen LogP) is 2.82. The Labute approximate surface area is 142 Å². The van der Waals surface area contributed by atoms with Crippen LogP contribution in [0.5, 0.6) is 0 Å². The molecule has 1 aromatic carbocycles. The first-order valence-corrected chi connectivity index (χ1v) is 8.37. The van der Waals surface area contributed by atoms with Gasteiger partial charge in [-0.2, -0.15) is 0 Å². The van der Waals surface area contributed by atoms with Crippen LogP contribution in [0.25, 0.3) is 0 Å². The monoisotopic (exact) mass is 328 g/mol. The van der Waals surface area contributed by atoms with Gasteiger partial charge in [0, 0.05) is 26.2 Å². The molecule has 5 heteroatoms. The highest BCUT2D eigenvalue weighted by molar-refractivity contribution is 5.91. The van der Waals surface area contributed by atoms with Crippen molar-refractivity contribution in [1.29, 1.82) is 0 Å². The van der Waals surface area contributed by atoms with Crippen molar-refractivity contribution < 1.29 is 13.9 Å². The van der Waals surface area contributed by atoms with Crippen LogP contribution < -0.4 is 5.32 Å². The Hall–Kier alpha value is -2.11. The van der Waals surface area contributed by atoms with Crippen molar-refractivity contribution in [1.82, 2.24) is 10.2 Å². The second kappa shape index (κ2) is 7.64. The molecule has 0 unspecified atom stereocenters. The van der Waals surface area contributed by atoms with E-state index >= 15 is 0 Å². The number of amides is 1. The molecule has 1 aliphatic rings. The van der Waals surface area contributed by atoms with Crippen molar-refractivity contribution in [3.8, 4) is 0 Å². The predicted molar refractivity (Wildman–Crippen MR) is 91.6 cm³/mol. The Balaban J connectivity index is 1.51. The summed E-state index contributed by atoms with van der Waals surface area (Å²) in [6.45, 7) is 7.58. The first-order valence-electron chi connectivity index (χ1n) is 8.37. The van der Waals surface area contributed by atoms with Crippen LogP contribution in [-0.2, 0) is 17.8 Å². The lowest BCUT2D eigenvalue weighted by Crippen LogP contribution is -2.44. The van der Waals surface area contributed by atoms with Gasteiger partial charge in [0.15, 0.2) is 5.76 Å². The first-order chi connectivity index (χ1) is 11.6. The molecule has 2 heterocycles. The minimum absolute atomic E-state index is 0.194. The number of rotatable bonds is 5. The molecular weight excluding hydrogens is 304 g/mol. The second-order valence-corrected chi connectivity index (χ2v) is 6.43. The van der Waals surface area contributed by atoms with E-state index in [9.17, 15) is 4.79 Å². The van der Waals surface area contributed by atoms with Gasteiger partial charge in [-0.3, -0.25) is 9.69 Å². The highest BCUT2D eigenvalue weighted by Crippen LogP contribution is 2.15. The van der Waals surface area contributed by atoms with Crippen molar-refractivity contribution in [2.75, 3.05) is 13.1 Å². The Morgan fingerprint density at radius 2 is 1.79 bits per heavy atom. The summed E-state index contributed by atoms with van der Waals surface area (Å²) in [7, 11) is 0. The third-order valence-electron chi connectivity index (χ3n) is 4.12. The van der Waals surface area contributed by atoms with Gasteiger partial charge in [0.05, 0.1) is 18.5 Å². The average Bonchev–Trinajstić information content (AvgIpc) is 3.07. The zero-order chi connectivity index (χ0) is 16.9. The first kappa shape index (κ1) is 16.7. The lowest BCUT2D eigenvalue weighted by molar-refractivity contribution is -0.0704. The van der Waals surface area contributed by atoms with Crippen LogP contribution in [0, 0.1) is 0 Å². The van der Waals surface area contributed by atoms with Crippen molar-refractivity contribution >= 4 is 5.91 Å². The van der Waals surface area contributed by atoms with Gasteiger partial charge in [-0.15, -0.1) is 0 Å². The molecule has 0 saturated carbocycles. The Kier molecular flexibility index (Phi) is 5.33. The number of carbonyl (C=O) groups is 1. The molecule has 1 aliphatic heterocycles. The SMILES string of the molecule is C[C@@H]1CN(Cc2ccc(CNC(=O)c3ccco3)cc2)C[C@H](C)O1. The van der Waals surface area contributed by atoms with Gasteiger partial charge >= 0.3 is 0 Å². The quantitative estimate of drug-likeness (QED) is 0.917. The topological polar surface area (TPSA) is 54.7 Å². The molecule has 1 aromatic heterocycles. The second-order valence-electron chi connectivity index (χ2n) is 6.43. The normalized spacial score (nSPS) is 21.6. The number of hydrogen-bond donors (Lipinski definition) is 1. The molecule has 0 aliphatic carbocycles. The number of carbonyl (C=O) groups excluding carboxylic acids is 1. The van der Waals surface area contributed by atoms with Crippen LogP contribution in [0.2, 0.25) is 0 Å². The molecule has 1 N–H and O–H groups in total. The van der Waals surface area contributed by atoms with Crippen LogP contribution in [-0.4, -0.2) is 36.1 Å². The minimum Gasteiger partial charge on any atom is -0.459 e. The largest absolute Gasteiger partial charge is 0.459 e. The highest BCUT2D eigenvalue weighted by Gasteiger charge is 2.21. The van der Waals surface area contributed by atoms with E-state index in [1.54, 1.807) is 12.1 Å². The molecule has 128 valence electrons. The molecule has 0 bridgehead atoms. The minimum atomic E-state index is -0.194. The van der Waals surface area contributed by atoms with E-state index in [0.29, 0.717) is 12.3 Å². The maximum absolute atomic E-state index is 11.8. The zero-order valence-corrected chi connectivity index (χ0v) is 14.2. The van der Waals surface area contributed by atoms with Gasteiger partial charge in [-0.25, -0.2) is 0 Å². The number of nitrogens with one attached hydrogen (secondary N) is 1. The van der Waals surface area contributed by atoms with Crippen molar-refractivity contribution in [2.45, 2.75) is 39.1 Å². The number of benzene rings is 1. The summed E-state index contributed by atoms with van der Waals surface area (Å²) in [6.07, 6.45) is 2.06. The summed E-state index contributed by atoms with van der Waals surface area (Å²) < 4.78 is 10.8. The zero-order valence-electron chi connectivity index (χ0n) is 14.2. The van der Waals surface area contributed by atoms with E-state index in [1.807, 2.05) is 0 Å². The molecule has 3 rings (SSSR count). The van der Waals surface area contributed by atoms with Gasteiger partial charge in [0.2, 0.25) is 0 Å². The number of morpholine rings is 1. The molecular formula is C19H24N2O3. The molecule has 0 radical (unpaired) electrons. The third-order valence-corrected chi connectivity index (χ3v) is 4.12. The van der Waals surface area contributed by atoms with Crippen molar-refractivity contribution in [3.63, 3.8) is 0 Å². The maximum Gasteiger partial charge on any atom is 0.287 e. The third kappa shape index (κ3) is 4.46. The highest BCUT2D eigenvalue weighted by atomic mass is 16.5. The van der Waals surface area contributed by atoms with Crippen molar-refractivity contribution in [3.05, 3.63) is 59.5 Å². The molecule has 1 saturated heterocycles. The summed E-state index contributed by atoms with van der Waals surface area (Å²) >= 11 is 0. The Morgan fingerprint density at radius 1 is 1.12 bits per heavy atom. The summed E-state index contributed by atoms with van der Waals surface area (Å²) in [5, 5.41) is 2.85. The molecule has 0 spiro atoms. The van der Waals surface area contributed by atoms with Gasteiger partial charge in [-0.1, -0.05) is 24.3 Å². The standard InChI is InChI=1S/C19H24N2O3/c1-14-11-21(12-15(2)24-14)13-17-7-5-16(6-8-17)10-20-19(22)18-4-3-9-23-18/h3-9,14-15H,10-13H2,1-2H3,(H,20,22)/t14-,15+. The number of nitrogens with zero attached hydrogens (tertiary/aromatic N) is 1. The van der Waals surface area contributed by atoms with E-state index in [2.05, 4.69) is 48.3 Å². The number of furan rings is 1. The van der Waals surface area contributed by atoms with E-state index in [-0.39, 0.29) is 18.1 Å². The van der Waals surface area contributed by atoms with E-state index in [4.69, 9.17) is 9.15 Å². The molecule has 2 aromatic rings. The smallest absolute Gasteiger partial charge is 0.287 e. The summed E-state index contributed by atoms with van der Waals surface area (Å²) in [4.78, 5) is 14.3. The fourth-order valence-electron chi connectivity index (χ4n) is 3.11. The average molecular weight is 328 g/mol. The van der Waals surface area contributed by atoms with Gasteiger partial charge in [-0.05, 0) is 37.1 Å². The molecule has 2 atom stereocenters. The van der Waals surface area contributed by atoms with Crippen LogP contribution >= 0.6 is 0 Å². The fourth-order valence-corrected chi connectivity index (χ4v) is 3.11. The summed E-state index contributed by atoms with van der Waals surface area (Å²) in [6, 6.07) is 11.7. The van der Waals surface area contributed by atoms with Crippen LogP contribution in [0.1, 0.15) is 35.5 Å². The lowest BCUT2D eigenvalue weighted by Gasteiger charge is -2.35. The maximum atomic E-state index is 11.8. The Morgan fingerprint density at radius 3 is 2.42 bits per heavy atom. The van der Waals surface area contributed by atoms with Crippen LogP contribution in [0.4, 0.5) is 0 Å². The number of hydrogen-bond acceptors (Lipinski definition) is 4. The Bertz CT molecular complexity index is 642.